The number of benzene rings is 1. The largest absolute Gasteiger partial charge is 0.370 e. The molecule has 1 aliphatic rings. The molecule has 1 aromatic carbocycles. The van der Waals surface area contributed by atoms with Gasteiger partial charge >= 0.3 is 0 Å². The van der Waals surface area contributed by atoms with E-state index in [4.69, 9.17) is 5.73 Å². The molecule has 94 valence electrons. The van der Waals surface area contributed by atoms with Crippen LogP contribution in [0.15, 0.2) is 17.0 Å². The maximum absolute atomic E-state index is 5.71. The minimum absolute atomic E-state index is 0.554. The van der Waals surface area contributed by atoms with Crippen molar-refractivity contribution < 1.29 is 0 Å². The first-order valence-corrected chi connectivity index (χ1v) is 7.13. The van der Waals surface area contributed by atoms with Crippen LogP contribution in [-0.4, -0.2) is 24.9 Å². The van der Waals surface area contributed by atoms with Crippen LogP contribution in [0.25, 0.3) is 0 Å². The number of nitrogens with two attached hydrogens (primary N) is 1. The Morgan fingerprint density at radius 1 is 1.29 bits per heavy atom. The molecule has 1 aromatic rings. The third-order valence-corrected chi connectivity index (χ3v) is 5.35. The fourth-order valence-electron chi connectivity index (χ4n) is 2.34. The number of aryl methyl sites for hydroxylation is 2. The highest BCUT2D eigenvalue weighted by Gasteiger charge is 2.29. The Kier molecular flexibility index (Phi) is 3.69. The first kappa shape index (κ1) is 12.8. The van der Waals surface area contributed by atoms with Crippen molar-refractivity contribution in [2.24, 2.45) is 5.73 Å². The summed E-state index contributed by atoms with van der Waals surface area (Å²) in [6.45, 7) is 7.44. The van der Waals surface area contributed by atoms with Crippen LogP contribution in [0.3, 0.4) is 0 Å². The van der Waals surface area contributed by atoms with Gasteiger partial charge in [-0.25, -0.2) is 0 Å². The van der Waals surface area contributed by atoms with Crippen LogP contribution in [0.1, 0.15) is 24.5 Å². The standard InChI is InChI=1S/C14H22N2S/c1-9-7-12-14(8-10(9)2)17-13(5-6-15)11(3)16(12)4/h7-8,11,13H,5-6,15H2,1-4H3. The maximum atomic E-state index is 5.71. The van der Waals surface area contributed by atoms with Gasteiger partial charge in [-0.2, -0.15) is 0 Å². The van der Waals surface area contributed by atoms with Gasteiger partial charge < -0.3 is 10.6 Å². The van der Waals surface area contributed by atoms with E-state index >= 15 is 0 Å². The topological polar surface area (TPSA) is 29.3 Å². The molecule has 0 bridgehead atoms. The SMILES string of the molecule is Cc1cc2c(cc1C)N(C)C(C)C(CCN)S2. The van der Waals surface area contributed by atoms with Gasteiger partial charge in [-0.1, -0.05) is 0 Å². The summed E-state index contributed by atoms with van der Waals surface area (Å²) in [5.74, 6) is 0. The highest BCUT2D eigenvalue weighted by Crippen LogP contribution is 2.43. The van der Waals surface area contributed by atoms with Crippen molar-refractivity contribution in [3.8, 4) is 0 Å². The van der Waals surface area contributed by atoms with E-state index in [2.05, 4.69) is 44.9 Å². The molecule has 2 rings (SSSR count). The molecule has 1 aliphatic heterocycles. The Labute approximate surface area is 109 Å². The Morgan fingerprint density at radius 2 is 1.94 bits per heavy atom. The molecule has 1 heterocycles. The predicted molar refractivity (Wildman–Crippen MR) is 77.1 cm³/mol. The minimum atomic E-state index is 0.554. The number of hydrogen-bond donors (Lipinski definition) is 1. The molecule has 0 aromatic heterocycles. The van der Waals surface area contributed by atoms with Crippen LogP contribution in [0.4, 0.5) is 5.69 Å². The molecule has 0 fully saturated rings. The average molecular weight is 250 g/mol. The van der Waals surface area contributed by atoms with Gasteiger partial charge in [0.25, 0.3) is 0 Å². The van der Waals surface area contributed by atoms with Crippen molar-refractivity contribution in [1.82, 2.24) is 0 Å². The quantitative estimate of drug-likeness (QED) is 0.875. The Morgan fingerprint density at radius 3 is 2.59 bits per heavy atom. The zero-order valence-electron chi connectivity index (χ0n) is 11.2. The van der Waals surface area contributed by atoms with Gasteiger partial charge in [-0.3, -0.25) is 0 Å². The summed E-state index contributed by atoms with van der Waals surface area (Å²) >= 11 is 1.99. The van der Waals surface area contributed by atoms with Gasteiger partial charge in [0.1, 0.15) is 0 Å². The number of rotatable bonds is 2. The fourth-order valence-corrected chi connectivity index (χ4v) is 3.87. The second-order valence-corrected chi connectivity index (χ2v) is 6.27. The second kappa shape index (κ2) is 4.91. The first-order chi connectivity index (χ1) is 8.04. The number of nitrogens with zero attached hydrogens (tertiary/aromatic N) is 1. The van der Waals surface area contributed by atoms with E-state index in [1.807, 2.05) is 11.8 Å². The Hall–Kier alpha value is -0.670. The molecule has 2 nitrogen and oxygen atoms in total. The predicted octanol–water partition coefficient (Wildman–Crippen LogP) is 2.95. The van der Waals surface area contributed by atoms with E-state index in [1.165, 1.54) is 21.7 Å². The summed E-state index contributed by atoms with van der Waals surface area (Å²) in [5.41, 5.74) is 9.84. The van der Waals surface area contributed by atoms with Crippen molar-refractivity contribution in [3.05, 3.63) is 23.3 Å². The van der Waals surface area contributed by atoms with Crippen molar-refractivity contribution in [1.29, 1.82) is 0 Å². The van der Waals surface area contributed by atoms with Crippen molar-refractivity contribution in [2.75, 3.05) is 18.5 Å². The van der Waals surface area contributed by atoms with Crippen molar-refractivity contribution in [3.63, 3.8) is 0 Å². The molecule has 17 heavy (non-hydrogen) atoms. The highest BCUT2D eigenvalue weighted by molar-refractivity contribution is 8.00. The van der Waals surface area contributed by atoms with Gasteiger partial charge in [0.2, 0.25) is 0 Å². The fraction of sp³-hybridized carbons (Fsp3) is 0.571. The molecular formula is C14H22N2S. The Balaban J connectivity index is 2.38. The van der Waals surface area contributed by atoms with Crippen LogP contribution in [0.5, 0.6) is 0 Å². The van der Waals surface area contributed by atoms with Crippen LogP contribution in [0, 0.1) is 13.8 Å². The molecule has 0 saturated heterocycles. The lowest BCUT2D eigenvalue weighted by atomic mass is 10.1. The summed E-state index contributed by atoms with van der Waals surface area (Å²) in [6, 6.07) is 5.19. The lowest BCUT2D eigenvalue weighted by Gasteiger charge is -2.39. The summed E-state index contributed by atoms with van der Waals surface area (Å²) in [6.07, 6.45) is 1.09. The van der Waals surface area contributed by atoms with E-state index in [0.29, 0.717) is 11.3 Å². The van der Waals surface area contributed by atoms with Gasteiger partial charge in [-0.15, -0.1) is 11.8 Å². The van der Waals surface area contributed by atoms with Crippen molar-refractivity contribution in [2.45, 2.75) is 43.4 Å². The van der Waals surface area contributed by atoms with E-state index in [1.54, 1.807) is 0 Å². The van der Waals surface area contributed by atoms with Crippen LogP contribution < -0.4 is 10.6 Å². The van der Waals surface area contributed by atoms with E-state index < -0.39 is 0 Å². The average Bonchev–Trinajstić information content (AvgIpc) is 2.29. The molecule has 0 amide bonds. The molecule has 0 radical (unpaired) electrons. The molecule has 0 saturated carbocycles. The summed E-state index contributed by atoms with van der Waals surface area (Å²) < 4.78 is 0. The summed E-state index contributed by atoms with van der Waals surface area (Å²) in [4.78, 5) is 3.81. The third kappa shape index (κ3) is 2.31. The van der Waals surface area contributed by atoms with Gasteiger partial charge in [0, 0.05) is 23.2 Å². The molecule has 2 atom stereocenters. The monoisotopic (exact) mass is 250 g/mol. The minimum Gasteiger partial charge on any atom is -0.370 e. The smallest absolute Gasteiger partial charge is 0.0507 e. The lowest BCUT2D eigenvalue weighted by molar-refractivity contribution is 0.603. The van der Waals surface area contributed by atoms with E-state index in [-0.39, 0.29) is 0 Å². The van der Waals surface area contributed by atoms with Crippen LogP contribution in [0.2, 0.25) is 0 Å². The molecule has 2 unspecified atom stereocenters. The number of anilines is 1. The van der Waals surface area contributed by atoms with Crippen LogP contribution >= 0.6 is 11.8 Å². The molecule has 2 N–H and O–H groups in total. The highest BCUT2D eigenvalue weighted by atomic mass is 32.2. The zero-order valence-corrected chi connectivity index (χ0v) is 12.0. The maximum Gasteiger partial charge on any atom is 0.0507 e. The zero-order chi connectivity index (χ0) is 12.6. The first-order valence-electron chi connectivity index (χ1n) is 6.25. The van der Waals surface area contributed by atoms with Crippen molar-refractivity contribution >= 4 is 17.4 Å². The molecule has 0 spiro atoms. The third-order valence-electron chi connectivity index (χ3n) is 3.83. The number of fused-ring (bicyclic) bond motifs is 1. The normalized spacial score (nSPS) is 23.7. The molecule has 0 aliphatic carbocycles. The lowest BCUT2D eigenvalue weighted by Crippen LogP contribution is -2.41. The number of hydrogen-bond acceptors (Lipinski definition) is 3. The second-order valence-electron chi connectivity index (χ2n) is 4.99. The van der Waals surface area contributed by atoms with E-state index in [9.17, 15) is 0 Å². The summed E-state index contributed by atoms with van der Waals surface area (Å²) in [7, 11) is 2.20. The van der Waals surface area contributed by atoms with Gasteiger partial charge in [0.05, 0.1) is 5.69 Å². The molecular weight excluding hydrogens is 228 g/mol. The van der Waals surface area contributed by atoms with Gasteiger partial charge in [0.15, 0.2) is 0 Å². The number of thioether (sulfide) groups is 1. The summed E-state index contributed by atoms with van der Waals surface area (Å²) in [5, 5.41) is 0.611. The molecule has 3 heteroatoms. The van der Waals surface area contributed by atoms with Gasteiger partial charge in [-0.05, 0) is 57.0 Å². The Bertz CT molecular complexity index is 417. The van der Waals surface area contributed by atoms with Crippen LogP contribution in [-0.2, 0) is 0 Å². The van der Waals surface area contributed by atoms with E-state index in [0.717, 1.165) is 13.0 Å².